The van der Waals surface area contributed by atoms with E-state index in [0.29, 0.717) is 5.56 Å². The Hall–Kier alpha value is -3.24. The predicted molar refractivity (Wildman–Crippen MR) is 159 cm³/mol. The van der Waals surface area contributed by atoms with Gasteiger partial charge in [0.25, 0.3) is 0 Å². The third-order valence-corrected chi connectivity index (χ3v) is 2.53. The minimum absolute atomic E-state index is 0.167. The molecule has 0 aromatic heterocycles. The second-order valence-electron chi connectivity index (χ2n) is 6.19. The van der Waals surface area contributed by atoms with Gasteiger partial charge in [-0.05, 0) is 26.0 Å². The van der Waals surface area contributed by atoms with Crippen molar-refractivity contribution in [3.05, 3.63) is 109 Å². The van der Waals surface area contributed by atoms with Crippen molar-refractivity contribution in [2.75, 3.05) is 21.3 Å². The minimum atomic E-state index is -0.291. The van der Waals surface area contributed by atoms with Crippen molar-refractivity contribution in [1.29, 1.82) is 0 Å². The summed E-state index contributed by atoms with van der Waals surface area (Å²) in [7, 11) is 4.62. The van der Waals surface area contributed by atoms with Gasteiger partial charge in [-0.1, -0.05) is 139 Å². The van der Waals surface area contributed by atoms with Gasteiger partial charge in [-0.3, -0.25) is 0 Å². The fourth-order valence-electron chi connectivity index (χ4n) is 1.46. The molecule has 0 amide bonds. The van der Waals surface area contributed by atoms with Crippen molar-refractivity contribution in [2.24, 2.45) is 0 Å². The Bertz CT molecular complexity index is 624. The van der Waals surface area contributed by atoms with Gasteiger partial charge in [0.2, 0.25) is 0 Å². The third kappa shape index (κ3) is 52.6. The molecule has 0 aliphatic carbocycles. The van der Waals surface area contributed by atoms with E-state index < -0.39 is 0 Å². The summed E-state index contributed by atoms with van der Waals surface area (Å²) >= 11 is 0. The first kappa shape index (κ1) is 42.9. The predicted octanol–water partition coefficient (Wildman–Crippen LogP) is 9.17. The third-order valence-electron chi connectivity index (χ3n) is 2.53. The molecule has 36 heavy (non-hydrogen) atoms. The highest BCUT2D eigenvalue weighted by Gasteiger charge is 2.00. The van der Waals surface area contributed by atoms with Crippen LogP contribution in [-0.4, -0.2) is 33.1 Å². The lowest BCUT2D eigenvalue weighted by atomic mass is 10.2. The van der Waals surface area contributed by atoms with E-state index in [1.807, 2.05) is 107 Å². The number of Topliss-reactive ketones (excluding diaryl/α,β-unsaturated/α-hetero) is 1. The summed E-state index contributed by atoms with van der Waals surface area (Å²) in [5.74, 6) is -0.124. The number of carbonyl (C=O) groups is 2. The van der Waals surface area contributed by atoms with Gasteiger partial charge >= 0.3 is 5.97 Å². The van der Waals surface area contributed by atoms with E-state index in [1.54, 1.807) is 38.5 Å². The van der Waals surface area contributed by atoms with Crippen LogP contribution in [0.2, 0.25) is 0 Å². The van der Waals surface area contributed by atoms with E-state index in [-0.39, 0.29) is 11.8 Å². The molecule has 3 aromatic carbocycles. The quantitative estimate of drug-likeness (QED) is 0.312. The van der Waals surface area contributed by atoms with Crippen LogP contribution in [0.3, 0.4) is 0 Å². The lowest BCUT2D eigenvalue weighted by molar-refractivity contribution is -0.115. The number of esters is 1. The van der Waals surface area contributed by atoms with Gasteiger partial charge in [0.15, 0.2) is 0 Å². The zero-order chi connectivity index (χ0) is 28.9. The van der Waals surface area contributed by atoms with Crippen LogP contribution in [-0.2, 0) is 14.3 Å². The minimum Gasteiger partial charge on any atom is -0.465 e. The Labute approximate surface area is 222 Å². The Kier molecular flexibility index (Phi) is 53.9. The SMILES string of the molecule is CC.CC.CC(C)=O.CCC.COC.COC(=O)c1ccccc1.c1ccccc1.c1ccccc1. The first-order valence-electron chi connectivity index (χ1n) is 12.4. The van der Waals surface area contributed by atoms with E-state index >= 15 is 0 Å². The summed E-state index contributed by atoms with van der Waals surface area (Å²) in [6.45, 7) is 15.3. The molecule has 4 nitrogen and oxygen atoms in total. The number of rotatable bonds is 1. The van der Waals surface area contributed by atoms with Gasteiger partial charge in [-0.15, -0.1) is 0 Å². The number of ether oxygens (including phenoxy) is 2. The van der Waals surface area contributed by atoms with E-state index in [9.17, 15) is 9.59 Å². The first-order valence-corrected chi connectivity index (χ1v) is 12.4. The number of hydrogen-bond donors (Lipinski definition) is 0. The molecule has 204 valence electrons. The zero-order valence-electron chi connectivity index (χ0n) is 24.7. The summed E-state index contributed by atoms with van der Waals surface area (Å²) in [5, 5.41) is 0. The summed E-state index contributed by atoms with van der Waals surface area (Å²) in [6, 6.07) is 32.9. The Morgan fingerprint density at radius 1 is 0.556 bits per heavy atom. The van der Waals surface area contributed by atoms with Crippen molar-refractivity contribution in [1.82, 2.24) is 0 Å². The van der Waals surface area contributed by atoms with Gasteiger partial charge < -0.3 is 14.3 Å². The van der Waals surface area contributed by atoms with Crippen molar-refractivity contribution >= 4 is 11.8 Å². The number of carbonyl (C=O) groups excluding carboxylic acids is 2. The Morgan fingerprint density at radius 3 is 0.889 bits per heavy atom. The Balaban J connectivity index is -0.000000109. The first-order chi connectivity index (χ1) is 17.4. The van der Waals surface area contributed by atoms with Crippen molar-refractivity contribution < 1.29 is 19.1 Å². The van der Waals surface area contributed by atoms with E-state index in [2.05, 4.69) is 23.3 Å². The molecule has 0 aliphatic rings. The highest BCUT2D eigenvalue weighted by Crippen LogP contribution is 1.98. The van der Waals surface area contributed by atoms with Crippen LogP contribution in [0.1, 0.15) is 72.2 Å². The molecule has 4 heteroatoms. The van der Waals surface area contributed by atoms with Crippen molar-refractivity contribution in [2.45, 2.75) is 61.8 Å². The maximum Gasteiger partial charge on any atom is 0.337 e. The molecule has 0 saturated heterocycles. The lowest BCUT2D eigenvalue weighted by Crippen LogP contribution is -1.99. The van der Waals surface area contributed by atoms with Gasteiger partial charge in [0, 0.05) is 14.2 Å². The number of ketones is 1. The summed E-state index contributed by atoms with van der Waals surface area (Å²) in [5.41, 5.74) is 0.588. The molecule has 0 spiro atoms. The van der Waals surface area contributed by atoms with Crippen LogP contribution < -0.4 is 0 Å². The van der Waals surface area contributed by atoms with Crippen LogP contribution in [0, 0.1) is 0 Å². The average Bonchev–Trinajstić information content (AvgIpc) is 2.94. The van der Waals surface area contributed by atoms with Crippen LogP contribution in [0.25, 0.3) is 0 Å². The monoisotopic (exact) mass is 500 g/mol. The summed E-state index contributed by atoms with van der Waals surface area (Å²) < 4.78 is 8.75. The Morgan fingerprint density at radius 2 is 0.722 bits per heavy atom. The van der Waals surface area contributed by atoms with E-state index in [4.69, 9.17) is 0 Å². The molecule has 0 saturated carbocycles. The summed E-state index contributed by atoms with van der Waals surface area (Å²) in [4.78, 5) is 20.2. The number of hydrogen-bond acceptors (Lipinski definition) is 4. The van der Waals surface area contributed by atoms with Crippen LogP contribution in [0.4, 0.5) is 0 Å². The molecule has 0 unspecified atom stereocenters. The molecule has 0 fully saturated rings. The fraction of sp³-hybridized carbons (Fsp3) is 0.375. The smallest absolute Gasteiger partial charge is 0.337 e. The van der Waals surface area contributed by atoms with Crippen LogP contribution in [0.15, 0.2) is 103 Å². The van der Waals surface area contributed by atoms with Gasteiger partial charge in [-0.2, -0.15) is 0 Å². The molecule has 0 aliphatic heterocycles. The highest BCUT2D eigenvalue weighted by molar-refractivity contribution is 5.89. The molecule has 0 bridgehead atoms. The summed E-state index contributed by atoms with van der Waals surface area (Å²) in [6.07, 6.45) is 1.25. The topological polar surface area (TPSA) is 52.6 Å². The molecule has 0 heterocycles. The second-order valence-corrected chi connectivity index (χ2v) is 6.19. The van der Waals surface area contributed by atoms with Gasteiger partial charge in [0.05, 0.1) is 12.7 Å². The second kappa shape index (κ2) is 45.3. The van der Waals surface area contributed by atoms with Gasteiger partial charge in [-0.25, -0.2) is 4.79 Å². The maximum atomic E-state index is 10.8. The lowest BCUT2D eigenvalue weighted by Gasteiger charge is -1.95. The largest absolute Gasteiger partial charge is 0.465 e. The number of benzene rings is 3. The van der Waals surface area contributed by atoms with Crippen molar-refractivity contribution in [3.63, 3.8) is 0 Å². The van der Waals surface area contributed by atoms with Crippen LogP contribution >= 0.6 is 0 Å². The van der Waals surface area contributed by atoms with E-state index in [0.717, 1.165) is 0 Å². The fourth-order valence-corrected chi connectivity index (χ4v) is 1.46. The average molecular weight is 501 g/mol. The van der Waals surface area contributed by atoms with E-state index in [1.165, 1.54) is 27.4 Å². The molecule has 0 atom stereocenters. The van der Waals surface area contributed by atoms with Crippen LogP contribution in [0.5, 0.6) is 0 Å². The molecule has 0 radical (unpaired) electrons. The van der Waals surface area contributed by atoms with Crippen molar-refractivity contribution in [3.8, 4) is 0 Å². The van der Waals surface area contributed by atoms with Gasteiger partial charge in [0.1, 0.15) is 5.78 Å². The molecular weight excluding hydrogens is 448 g/mol. The standard InChI is InChI=1S/C8H8O2.2C6H6.C3H6O.C3H8.C2H6O.2C2H6/c1-10-8(9)7-5-3-2-4-6-7;2*1-2-4-6-5-3-1;1-3(2)4;2*1-3-2;2*1-2/h2-6H,1H3;2*1-6H;1-2H3;3H2,1-2H3;1-2H3;2*1-2H3. The molecular formula is C32H52O4. The normalized spacial score (nSPS) is 7.19. The molecule has 3 rings (SSSR count). The molecule has 3 aromatic rings. The maximum absolute atomic E-state index is 10.8. The molecule has 0 N–H and O–H groups in total. The zero-order valence-corrected chi connectivity index (χ0v) is 24.7. The number of methoxy groups -OCH3 is 2. The highest BCUT2D eigenvalue weighted by atomic mass is 16.5.